The minimum atomic E-state index is 0.00852. The molecule has 1 aromatic rings. The van der Waals surface area contributed by atoms with Crippen LogP contribution in [0.1, 0.15) is 76.0 Å². The summed E-state index contributed by atoms with van der Waals surface area (Å²) in [4.78, 5) is 0. The highest BCUT2D eigenvalue weighted by molar-refractivity contribution is 5.55. The second kappa shape index (κ2) is 4.82. The molecule has 2 rings (SSSR count). The molecule has 19 heavy (non-hydrogen) atoms. The van der Waals surface area contributed by atoms with Crippen LogP contribution in [0, 0.1) is 0 Å². The van der Waals surface area contributed by atoms with Crippen molar-refractivity contribution in [3.05, 3.63) is 28.8 Å². The molecule has 0 spiro atoms. The van der Waals surface area contributed by atoms with Gasteiger partial charge in [-0.2, -0.15) is 0 Å². The van der Waals surface area contributed by atoms with Crippen molar-refractivity contribution in [2.45, 2.75) is 70.8 Å². The van der Waals surface area contributed by atoms with Gasteiger partial charge in [-0.15, -0.1) is 0 Å². The monoisotopic (exact) mass is 261 g/mol. The highest BCUT2D eigenvalue weighted by atomic mass is 16.3. The molecule has 0 amide bonds. The summed E-state index contributed by atoms with van der Waals surface area (Å²) < 4.78 is 0. The molecule has 1 fully saturated rings. The van der Waals surface area contributed by atoms with E-state index >= 15 is 0 Å². The van der Waals surface area contributed by atoms with E-state index in [1.54, 1.807) is 0 Å². The molecule has 0 saturated heterocycles. The minimum Gasteiger partial charge on any atom is -0.507 e. The number of phenols is 1. The van der Waals surface area contributed by atoms with Crippen molar-refractivity contribution in [3.63, 3.8) is 0 Å². The molecule has 0 aromatic heterocycles. The fourth-order valence-electron chi connectivity index (χ4n) is 3.16. The van der Waals surface area contributed by atoms with Crippen LogP contribution in [0.15, 0.2) is 12.1 Å². The molecule has 1 atom stereocenters. The van der Waals surface area contributed by atoms with Crippen molar-refractivity contribution >= 4 is 0 Å². The fraction of sp³-hybridized carbons (Fsp3) is 0.647. The molecule has 2 heteroatoms. The summed E-state index contributed by atoms with van der Waals surface area (Å²) >= 11 is 0. The van der Waals surface area contributed by atoms with Gasteiger partial charge in [-0.3, -0.25) is 0 Å². The lowest BCUT2D eigenvalue weighted by Crippen LogP contribution is -2.32. The zero-order chi connectivity index (χ0) is 14.4. The zero-order valence-electron chi connectivity index (χ0n) is 12.8. The largest absolute Gasteiger partial charge is 0.507 e. The summed E-state index contributed by atoms with van der Waals surface area (Å²) in [5, 5.41) is 10.8. The van der Waals surface area contributed by atoms with E-state index in [1.165, 1.54) is 5.56 Å². The Bertz CT molecular complexity index is 470. The maximum Gasteiger partial charge on any atom is 0.123 e. The van der Waals surface area contributed by atoms with Crippen molar-refractivity contribution in [2.24, 2.45) is 5.73 Å². The Morgan fingerprint density at radius 2 is 1.47 bits per heavy atom. The van der Waals surface area contributed by atoms with E-state index in [0.717, 1.165) is 24.0 Å². The van der Waals surface area contributed by atoms with Gasteiger partial charge in [0.2, 0.25) is 0 Å². The van der Waals surface area contributed by atoms with Crippen LogP contribution in [0.5, 0.6) is 5.75 Å². The van der Waals surface area contributed by atoms with E-state index in [-0.39, 0.29) is 11.5 Å². The van der Waals surface area contributed by atoms with E-state index in [0.29, 0.717) is 17.6 Å². The molecule has 106 valence electrons. The lowest BCUT2D eigenvalue weighted by molar-refractivity contribution is 0.434. The number of rotatable bonds is 4. The first-order valence-electron chi connectivity index (χ1n) is 7.43. The summed E-state index contributed by atoms with van der Waals surface area (Å²) in [6.45, 7) is 10.7. The van der Waals surface area contributed by atoms with Gasteiger partial charge in [-0.25, -0.2) is 0 Å². The third-order valence-corrected chi connectivity index (χ3v) is 4.64. The molecule has 1 aliphatic carbocycles. The Morgan fingerprint density at radius 1 is 1.00 bits per heavy atom. The predicted octanol–water partition coefficient (Wildman–Crippen LogP) is 4.02. The summed E-state index contributed by atoms with van der Waals surface area (Å²) in [6, 6.07) is 4.37. The van der Waals surface area contributed by atoms with Crippen LogP contribution in [0.3, 0.4) is 0 Å². The van der Waals surface area contributed by atoms with E-state index in [9.17, 15) is 5.11 Å². The van der Waals surface area contributed by atoms with Crippen LogP contribution in [0.25, 0.3) is 0 Å². The van der Waals surface area contributed by atoms with Gasteiger partial charge < -0.3 is 10.8 Å². The second-order valence-electron chi connectivity index (χ2n) is 6.72. The molecule has 1 saturated carbocycles. The summed E-state index contributed by atoms with van der Waals surface area (Å²) in [7, 11) is 0. The average molecular weight is 261 g/mol. The van der Waals surface area contributed by atoms with Crippen molar-refractivity contribution in [1.29, 1.82) is 0 Å². The third kappa shape index (κ3) is 2.27. The number of phenolic OH excluding ortho intramolecular Hbond substituents is 1. The van der Waals surface area contributed by atoms with Crippen LogP contribution < -0.4 is 5.73 Å². The number of nitrogens with two attached hydrogens (primary N) is 1. The first-order valence-corrected chi connectivity index (χ1v) is 7.43. The first-order chi connectivity index (χ1) is 8.81. The maximum atomic E-state index is 10.8. The quantitative estimate of drug-likeness (QED) is 0.860. The van der Waals surface area contributed by atoms with Gasteiger partial charge in [0, 0.05) is 17.0 Å². The number of aromatic hydroxyl groups is 1. The predicted molar refractivity (Wildman–Crippen MR) is 80.8 cm³/mol. The van der Waals surface area contributed by atoms with E-state index in [1.807, 2.05) is 0 Å². The standard InChI is InChI=1S/C17H27NO/c1-10(2)13-6-7-14(11(3)4)16(19)15(13)17(8-9-17)12(5)18/h6-7,10-12,19H,8-9,18H2,1-5H3. The summed E-state index contributed by atoms with van der Waals surface area (Å²) in [6.07, 6.45) is 2.19. The summed E-state index contributed by atoms with van der Waals surface area (Å²) in [5.41, 5.74) is 9.66. The molecule has 0 radical (unpaired) electrons. The van der Waals surface area contributed by atoms with Gasteiger partial charge >= 0.3 is 0 Å². The highest BCUT2D eigenvalue weighted by Crippen LogP contribution is 2.56. The van der Waals surface area contributed by atoms with Crippen LogP contribution in [0.4, 0.5) is 0 Å². The molecule has 0 aliphatic heterocycles. The van der Waals surface area contributed by atoms with E-state index in [2.05, 4.69) is 46.8 Å². The second-order valence-corrected chi connectivity index (χ2v) is 6.72. The first kappa shape index (κ1) is 14.4. The number of hydrogen-bond donors (Lipinski definition) is 2. The molecule has 0 bridgehead atoms. The van der Waals surface area contributed by atoms with Gasteiger partial charge in [-0.1, -0.05) is 39.8 Å². The normalized spacial score (nSPS) is 18.9. The average Bonchev–Trinajstić information content (AvgIpc) is 3.08. The van der Waals surface area contributed by atoms with Gasteiger partial charge in [-0.05, 0) is 42.7 Å². The minimum absolute atomic E-state index is 0.00852. The Kier molecular flexibility index (Phi) is 3.65. The Balaban J connectivity index is 2.65. The molecule has 1 unspecified atom stereocenters. The Labute approximate surface area is 117 Å². The molecule has 0 heterocycles. The maximum absolute atomic E-state index is 10.8. The molecule has 3 N–H and O–H groups in total. The lowest BCUT2D eigenvalue weighted by Gasteiger charge is -2.28. The van der Waals surface area contributed by atoms with Gasteiger partial charge in [0.25, 0.3) is 0 Å². The molecule has 1 aliphatic rings. The summed E-state index contributed by atoms with van der Waals surface area (Å²) in [5.74, 6) is 1.25. The van der Waals surface area contributed by atoms with Crippen LogP contribution in [-0.4, -0.2) is 11.1 Å². The highest BCUT2D eigenvalue weighted by Gasteiger charge is 2.50. The van der Waals surface area contributed by atoms with Gasteiger partial charge in [0.15, 0.2) is 0 Å². The van der Waals surface area contributed by atoms with Crippen LogP contribution in [0.2, 0.25) is 0 Å². The molecule has 1 aromatic carbocycles. The lowest BCUT2D eigenvalue weighted by atomic mass is 9.80. The third-order valence-electron chi connectivity index (χ3n) is 4.64. The Morgan fingerprint density at radius 3 is 1.84 bits per heavy atom. The van der Waals surface area contributed by atoms with E-state index < -0.39 is 0 Å². The van der Waals surface area contributed by atoms with Crippen molar-refractivity contribution in [1.82, 2.24) is 0 Å². The Hall–Kier alpha value is -1.02. The molecular weight excluding hydrogens is 234 g/mol. The van der Waals surface area contributed by atoms with Crippen LogP contribution in [-0.2, 0) is 5.41 Å². The van der Waals surface area contributed by atoms with E-state index in [4.69, 9.17) is 5.73 Å². The zero-order valence-corrected chi connectivity index (χ0v) is 12.8. The smallest absolute Gasteiger partial charge is 0.123 e. The SMILES string of the molecule is CC(C)c1ccc(C(C)C)c(C2(C(C)N)CC2)c1O. The molecule has 2 nitrogen and oxygen atoms in total. The topological polar surface area (TPSA) is 46.2 Å². The van der Waals surface area contributed by atoms with Crippen molar-refractivity contribution < 1.29 is 5.11 Å². The fourth-order valence-corrected chi connectivity index (χ4v) is 3.16. The van der Waals surface area contributed by atoms with Gasteiger partial charge in [0.1, 0.15) is 5.75 Å². The van der Waals surface area contributed by atoms with Crippen molar-refractivity contribution in [2.75, 3.05) is 0 Å². The van der Waals surface area contributed by atoms with Crippen LogP contribution >= 0.6 is 0 Å². The van der Waals surface area contributed by atoms with Crippen molar-refractivity contribution in [3.8, 4) is 5.75 Å². The number of hydrogen-bond acceptors (Lipinski definition) is 2. The number of benzene rings is 1. The van der Waals surface area contributed by atoms with Gasteiger partial charge in [0.05, 0.1) is 0 Å². The molecular formula is C17H27NO.